The summed E-state index contributed by atoms with van der Waals surface area (Å²) in [7, 11) is -4.42. The molecular formula is C12H14NO6P. The van der Waals surface area contributed by atoms with Gasteiger partial charge in [0.25, 0.3) is 0 Å². The van der Waals surface area contributed by atoms with Gasteiger partial charge in [0.1, 0.15) is 5.58 Å². The summed E-state index contributed by atoms with van der Waals surface area (Å²) in [6.07, 6.45) is 1.61. The van der Waals surface area contributed by atoms with Gasteiger partial charge in [-0.1, -0.05) is 12.1 Å². The fraction of sp³-hybridized carbons (Fsp3) is 0.250. The van der Waals surface area contributed by atoms with Crippen LogP contribution in [0.1, 0.15) is 17.6 Å². The summed E-state index contributed by atoms with van der Waals surface area (Å²) in [5.74, 6) is 0. The number of benzene rings is 1. The predicted octanol–water partition coefficient (Wildman–Crippen LogP) is 1.89. The average molecular weight is 299 g/mol. The zero-order chi connectivity index (χ0) is 14.8. The first-order chi connectivity index (χ1) is 9.41. The molecule has 2 rings (SSSR count). The van der Waals surface area contributed by atoms with Crippen LogP contribution in [-0.4, -0.2) is 33.0 Å². The molecular weight excluding hydrogens is 285 g/mol. The molecule has 3 N–H and O–H groups in total. The van der Waals surface area contributed by atoms with Crippen LogP contribution < -0.4 is 0 Å². The molecule has 108 valence electrons. The molecule has 20 heavy (non-hydrogen) atoms. The van der Waals surface area contributed by atoms with Gasteiger partial charge >= 0.3 is 7.60 Å². The highest BCUT2D eigenvalue weighted by molar-refractivity contribution is 7.52. The first-order valence-corrected chi connectivity index (χ1v) is 7.53. The van der Waals surface area contributed by atoms with Crippen molar-refractivity contribution >= 4 is 25.0 Å². The smallest absolute Gasteiger partial charge is 0.333 e. The zero-order valence-electron chi connectivity index (χ0n) is 10.4. The maximum atomic E-state index is 11.6. The van der Waals surface area contributed by atoms with E-state index in [1.807, 2.05) is 0 Å². The van der Waals surface area contributed by atoms with Crippen molar-refractivity contribution in [2.24, 2.45) is 0 Å². The third kappa shape index (κ3) is 3.26. The van der Waals surface area contributed by atoms with E-state index >= 15 is 0 Å². The van der Waals surface area contributed by atoms with Crippen LogP contribution in [0, 0.1) is 0 Å². The maximum Gasteiger partial charge on any atom is 0.333 e. The molecule has 7 nitrogen and oxygen atoms in total. The second kappa shape index (κ2) is 5.76. The van der Waals surface area contributed by atoms with Crippen molar-refractivity contribution in [3.05, 3.63) is 36.1 Å². The molecule has 1 heterocycles. The number of fused-ring (bicyclic) bond motifs is 1. The van der Waals surface area contributed by atoms with E-state index in [1.165, 1.54) is 6.26 Å². The van der Waals surface area contributed by atoms with Gasteiger partial charge in [0.05, 0.1) is 11.9 Å². The van der Waals surface area contributed by atoms with E-state index in [0.717, 1.165) is 5.39 Å². The standard InChI is InChI=1S/C12H14NO6P/c14-8-13(15)5-3-12(20(16,17)18)10-2-1-9-4-6-19-11(9)7-10/h1-2,4,6-8,12,15H,3,5H2,(H2,16,17,18). The van der Waals surface area contributed by atoms with Gasteiger partial charge < -0.3 is 14.2 Å². The van der Waals surface area contributed by atoms with Crippen LogP contribution in [-0.2, 0) is 9.36 Å². The lowest BCUT2D eigenvalue weighted by Gasteiger charge is -2.20. The topological polar surface area (TPSA) is 111 Å². The largest absolute Gasteiger partial charge is 0.464 e. The molecule has 0 saturated heterocycles. The number of hydrogen-bond acceptors (Lipinski definition) is 4. The lowest BCUT2D eigenvalue weighted by molar-refractivity contribution is -0.149. The number of hydrogen-bond donors (Lipinski definition) is 3. The molecule has 0 aliphatic rings. The molecule has 1 amide bonds. The third-order valence-electron chi connectivity index (χ3n) is 3.02. The second-order valence-electron chi connectivity index (χ2n) is 4.38. The lowest BCUT2D eigenvalue weighted by Crippen LogP contribution is -2.20. The minimum Gasteiger partial charge on any atom is -0.464 e. The van der Waals surface area contributed by atoms with Crippen molar-refractivity contribution < 1.29 is 28.8 Å². The minimum absolute atomic E-state index is 0.0638. The van der Waals surface area contributed by atoms with Crippen molar-refractivity contribution in [1.82, 2.24) is 5.06 Å². The van der Waals surface area contributed by atoms with Crippen molar-refractivity contribution in [2.75, 3.05) is 6.54 Å². The van der Waals surface area contributed by atoms with E-state index in [9.17, 15) is 19.1 Å². The molecule has 1 atom stereocenters. The van der Waals surface area contributed by atoms with Gasteiger partial charge in [0.2, 0.25) is 6.41 Å². The third-order valence-corrected chi connectivity index (χ3v) is 4.39. The number of nitrogens with zero attached hydrogens (tertiary/aromatic N) is 1. The van der Waals surface area contributed by atoms with Crippen molar-refractivity contribution in [3.63, 3.8) is 0 Å². The number of carbonyl (C=O) groups excluding carboxylic acids is 1. The fourth-order valence-electron chi connectivity index (χ4n) is 2.01. The Morgan fingerprint density at radius 3 is 2.75 bits per heavy atom. The van der Waals surface area contributed by atoms with E-state index in [2.05, 4.69) is 0 Å². The van der Waals surface area contributed by atoms with Crippen LogP contribution in [0.25, 0.3) is 11.0 Å². The maximum absolute atomic E-state index is 11.6. The molecule has 0 radical (unpaired) electrons. The molecule has 1 unspecified atom stereocenters. The van der Waals surface area contributed by atoms with E-state index in [0.29, 0.717) is 16.2 Å². The van der Waals surface area contributed by atoms with Crippen LogP contribution in [0.5, 0.6) is 0 Å². The molecule has 0 aliphatic carbocycles. The highest BCUT2D eigenvalue weighted by Gasteiger charge is 2.30. The van der Waals surface area contributed by atoms with Crippen LogP contribution in [0.3, 0.4) is 0 Å². The van der Waals surface area contributed by atoms with E-state index in [-0.39, 0.29) is 19.4 Å². The normalized spacial score (nSPS) is 13.3. The van der Waals surface area contributed by atoms with Gasteiger partial charge in [0.15, 0.2) is 0 Å². The molecule has 2 aromatic rings. The van der Waals surface area contributed by atoms with E-state index < -0.39 is 13.3 Å². The average Bonchev–Trinajstić information content (AvgIpc) is 2.84. The molecule has 1 aromatic carbocycles. The van der Waals surface area contributed by atoms with Gasteiger partial charge in [-0.3, -0.25) is 14.6 Å². The Morgan fingerprint density at radius 2 is 2.10 bits per heavy atom. The number of hydroxylamine groups is 2. The summed E-state index contributed by atoms with van der Waals surface area (Å²) in [6.45, 7) is -0.171. The van der Waals surface area contributed by atoms with E-state index in [1.54, 1.807) is 24.3 Å². The van der Waals surface area contributed by atoms with Gasteiger partial charge in [-0.2, -0.15) is 0 Å². The predicted molar refractivity (Wildman–Crippen MR) is 70.2 cm³/mol. The molecule has 0 aliphatic heterocycles. The second-order valence-corrected chi connectivity index (χ2v) is 6.18. The summed E-state index contributed by atoms with van der Waals surface area (Å²) >= 11 is 0. The summed E-state index contributed by atoms with van der Waals surface area (Å²) in [5.41, 5.74) is -0.177. The van der Waals surface area contributed by atoms with Crippen LogP contribution in [0.2, 0.25) is 0 Å². The number of carbonyl (C=O) groups is 1. The monoisotopic (exact) mass is 299 g/mol. The summed E-state index contributed by atoms with van der Waals surface area (Å²) in [4.78, 5) is 29.2. The molecule has 0 saturated carbocycles. The van der Waals surface area contributed by atoms with Crippen LogP contribution in [0.4, 0.5) is 0 Å². The van der Waals surface area contributed by atoms with Crippen molar-refractivity contribution in [2.45, 2.75) is 12.1 Å². The Balaban J connectivity index is 2.30. The Labute approximate surface area is 114 Å². The lowest BCUT2D eigenvalue weighted by atomic mass is 10.1. The van der Waals surface area contributed by atoms with Gasteiger partial charge in [-0.25, -0.2) is 5.06 Å². The first-order valence-electron chi connectivity index (χ1n) is 5.85. The number of amides is 1. The molecule has 0 fully saturated rings. The Morgan fingerprint density at radius 1 is 1.35 bits per heavy atom. The molecule has 0 spiro atoms. The van der Waals surface area contributed by atoms with Crippen LogP contribution in [0.15, 0.2) is 34.9 Å². The Bertz CT molecular complexity index is 648. The summed E-state index contributed by atoms with van der Waals surface area (Å²) in [6, 6.07) is 6.60. The van der Waals surface area contributed by atoms with Gasteiger partial charge in [-0.05, 0) is 24.1 Å². The van der Waals surface area contributed by atoms with Gasteiger partial charge in [0, 0.05) is 11.9 Å². The molecule has 1 aromatic heterocycles. The van der Waals surface area contributed by atoms with Crippen molar-refractivity contribution in [3.8, 4) is 0 Å². The highest BCUT2D eigenvalue weighted by atomic mass is 31.2. The van der Waals surface area contributed by atoms with Crippen molar-refractivity contribution in [1.29, 1.82) is 0 Å². The Kier molecular flexibility index (Phi) is 4.25. The minimum atomic E-state index is -4.42. The fourth-order valence-corrected chi connectivity index (χ4v) is 3.02. The quantitative estimate of drug-likeness (QED) is 0.325. The Hall–Kier alpha value is -1.66. The number of furan rings is 1. The first kappa shape index (κ1) is 14.7. The number of rotatable bonds is 6. The molecule has 8 heteroatoms. The molecule has 0 bridgehead atoms. The van der Waals surface area contributed by atoms with Crippen LogP contribution >= 0.6 is 7.60 Å². The van der Waals surface area contributed by atoms with Gasteiger partial charge in [-0.15, -0.1) is 0 Å². The summed E-state index contributed by atoms with van der Waals surface area (Å²) in [5, 5.41) is 10.2. The summed E-state index contributed by atoms with van der Waals surface area (Å²) < 4.78 is 16.8. The highest BCUT2D eigenvalue weighted by Crippen LogP contribution is 2.53. The SMILES string of the molecule is O=CN(O)CCC(c1ccc2ccoc2c1)P(=O)(O)O. The zero-order valence-corrected chi connectivity index (χ0v) is 11.3. The van der Waals surface area contributed by atoms with E-state index in [4.69, 9.17) is 9.62 Å².